The van der Waals surface area contributed by atoms with Crippen LogP contribution in [0.2, 0.25) is 5.02 Å². The number of nitriles is 1. The first-order chi connectivity index (χ1) is 16.5. The van der Waals surface area contributed by atoms with E-state index >= 15 is 0 Å². The zero-order valence-electron chi connectivity index (χ0n) is 20.2. The van der Waals surface area contributed by atoms with Gasteiger partial charge < -0.3 is 15.0 Å². The first-order valence-corrected chi connectivity index (χ1v) is 12.2. The number of hydrogen-bond donors (Lipinski definition) is 1. The van der Waals surface area contributed by atoms with Crippen LogP contribution in [0.1, 0.15) is 58.4 Å². The lowest BCUT2D eigenvalue weighted by Crippen LogP contribution is -2.48. The highest BCUT2D eigenvalue weighted by Gasteiger charge is 2.41. The van der Waals surface area contributed by atoms with Crippen molar-refractivity contribution in [3.05, 3.63) is 40.7 Å². The van der Waals surface area contributed by atoms with E-state index < -0.39 is 35.3 Å². The average molecular weight is 504 g/mol. The van der Waals surface area contributed by atoms with Crippen molar-refractivity contribution in [2.24, 2.45) is 5.92 Å². The number of likely N-dealkylation sites (tertiary alicyclic amines) is 1. The summed E-state index contributed by atoms with van der Waals surface area (Å²) in [5.74, 6) is -1.62. The minimum Gasteiger partial charge on any atom is -0.371 e. The Morgan fingerprint density at radius 3 is 2.74 bits per heavy atom. The third-order valence-corrected chi connectivity index (χ3v) is 6.40. The molecule has 1 aliphatic carbocycles. The fourth-order valence-corrected chi connectivity index (χ4v) is 4.76. The molecule has 1 heterocycles. The van der Waals surface area contributed by atoms with Gasteiger partial charge in [0.1, 0.15) is 23.7 Å². The molecule has 1 aliphatic heterocycles. The van der Waals surface area contributed by atoms with E-state index in [-0.39, 0.29) is 47.8 Å². The molecular weight excluding hydrogens is 473 g/mol. The van der Waals surface area contributed by atoms with E-state index in [0.29, 0.717) is 12.8 Å². The molecule has 35 heavy (non-hydrogen) atoms. The van der Waals surface area contributed by atoms with Crippen molar-refractivity contribution in [2.75, 3.05) is 6.54 Å². The first-order valence-electron chi connectivity index (χ1n) is 11.8. The SMILES string of the molecule is CC(C)(C)OC1CC(C(=O)NC(C#N)CC2CCCC2=O)N(C(=O)/C=C/c2ccc(Cl)cc2F)C1. The van der Waals surface area contributed by atoms with Gasteiger partial charge in [-0.05, 0) is 58.2 Å². The number of ketones is 1. The summed E-state index contributed by atoms with van der Waals surface area (Å²) < 4.78 is 20.1. The molecule has 1 aromatic rings. The number of carbonyl (C=O) groups excluding carboxylic acids is 3. The van der Waals surface area contributed by atoms with Crippen LogP contribution in [0, 0.1) is 23.1 Å². The van der Waals surface area contributed by atoms with Gasteiger partial charge in [0.2, 0.25) is 11.8 Å². The maximum Gasteiger partial charge on any atom is 0.247 e. The number of Topliss-reactive ketones (excluding diaryl/α,β-unsaturated/α-hetero) is 1. The normalized spacial score (nSPS) is 23.5. The lowest BCUT2D eigenvalue weighted by Gasteiger charge is -2.25. The molecule has 4 atom stereocenters. The Morgan fingerprint density at radius 2 is 2.14 bits per heavy atom. The number of benzene rings is 1. The first kappa shape index (κ1) is 26.8. The van der Waals surface area contributed by atoms with Crippen LogP contribution < -0.4 is 5.32 Å². The Bertz CT molecular complexity index is 1050. The van der Waals surface area contributed by atoms with E-state index in [1.807, 2.05) is 20.8 Å². The van der Waals surface area contributed by atoms with Crippen LogP contribution in [-0.2, 0) is 19.1 Å². The Balaban J connectivity index is 1.74. The van der Waals surface area contributed by atoms with Crippen molar-refractivity contribution in [2.45, 2.75) is 76.7 Å². The number of nitrogens with one attached hydrogen (secondary N) is 1. The molecule has 0 spiro atoms. The predicted octanol–water partition coefficient (Wildman–Crippen LogP) is 4.04. The number of rotatable bonds is 7. The third-order valence-electron chi connectivity index (χ3n) is 6.16. The summed E-state index contributed by atoms with van der Waals surface area (Å²) in [6, 6.07) is 4.52. The number of carbonyl (C=O) groups is 3. The topological polar surface area (TPSA) is 99.5 Å². The van der Waals surface area contributed by atoms with Crippen molar-refractivity contribution < 1.29 is 23.5 Å². The monoisotopic (exact) mass is 503 g/mol. The summed E-state index contributed by atoms with van der Waals surface area (Å²) in [7, 11) is 0. The number of ether oxygens (including phenoxy) is 1. The zero-order chi connectivity index (χ0) is 25.8. The fourth-order valence-electron chi connectivity index (χ4n) is 4.60. The van der Waals surface area contributed by atoms with Crippen molar-refractivity contribution in [3.8, 4) is 6.07 Å². The van der Waals surface area contributed by atoms with E-state index in [1.165, 1.54) is 29.2 Å². The van der Waals surface area contributed by atoms with Crippen LogP contribution in [-0.4, -0.2) is 52.8 Å². The van der Waals surface area contributed by atoms with Crippen molar-refractivity contribution in [3.63, 3.8) is 0 Å². The van der Waals surface area contributed by atoms with E-state index in [1.54, 1.807) is 0 Å². The van der Waals surface area contributed by atoms with E-state index in [2.05, 4.69) is 11.4 Å². The predicted molar refractivity (Wildman–Crippen MR) is 130 cm³/mol. The largest absolute Gasteiger partial charge is 0.371 e. The van der Waals surface area contributed by atoms with Gasteiger partial charge in [-0.25, -0.2) is 4.39 Å². The van der Waals surface area contributed by atoms with Gasteiger partial charge in [0.25, 0.3) is 0 Å². The molecule has 9 heteroatoms. The molecule has 3 rings (SSSR count). The summed E-state index contributed by atoms with van der Waals surface area (Å²) in [5.41, 5.74) is -0.290. The van der Waals surface area contributed by atoms with Gasteiger partial charge in [-0.2, -0.15) is 5.26 Å². The maximum absolute atomic E-state index is 14.1. The van der Waals surface area contributed by atoms with E-state index in [0.717, 1.165) is 12.5 Å². The molecule has 1 saturated carbocycles. The fraction of sp³-hybridized carbons (Fsp3) is 0.538. The maximum atomic E-state index is 14.1. The summed E-state index contributed by atoms with van der Waals surface area (Å²) in [5, 5.41) is 12.5. The molecule has 7 nitrogen and oxygen atoms in total. The van der Waals surface area contributed by atoms with Crippen LogP contribution in [0.5, 0.6) is 0 Å². The Hall–Kier alpha value is -2.76. The number of halogens is 2. The molecule has 188 valence electrons. The van der Waals surface area contributed by atoms with Gasteiger partial charge in [0, 0.05) is 42.0 Å². The van der Waals surface area contributed by atoms with Gasteiger partial charge in [-0.15, -0.1) is 0 Å². The highest BCUT2D eigenvalue weighted by atomic mass is 35.5. The van der Waals surface area contributed by atoms with Gasteiger partial charge in [-0.3, -0.25) is 14.4 Å². The number of amides is 2. The Kier molecular flexibility index (Phi) is 8.68. The zero-order valence-corrected chi connectivity index (χ0v) is 21.0. The van der Waals surface area contributed by atoms with E-state index in [9.17, 15) is 24.0 Å². The second-order valence-corrected chi connectivity index (χ2v) is 10.5. The highest BCUT2D eigenvalue weighted by Crippen LogP contribution is 2.28. The van der Waals surface area contributed by atoms with Crippen LogP contribution in [0.25, 0.3) is 6.08 Å². The summed E-state index contributed by atoms with van der Waals surface area (Å²) in [6.45, 7) is 5.85. The van der Waals surface area contributed by atoms with Crippen molar-refractivity contribution in [1.29, 1.82) is 5.26 Å². The second kappa shape index (κ2) is 11.3. The van der Waals surface area contributed by atoms with Gasteiger partial charge >= 0.3 is 0 Å². The second-order valence-electron chi connectivity index (χ2n) is 10.1. The smallest absolute Gasteiger partial charge is 0.247 e. The summed E-state index contributed by atoms with van der Waals surface area (Å²) >= 11 is 5.78. The molecule has 1 saturated heterocycles. The van der Waals surface area contributed by atoms with Crippen LogP contribution in [0.3, 0.4) is 0 Å². The van der Waals surface area contributed by atoms with Crippen molar-refractivity contribution >= 4 is 35.3 Å². The van der Waals surface area contributed by atoms with Crippen LogP contribution in [0.15, 0.2) is 24.3 Å². The van der Waals surface area contributed by atoms with Gasteiger partial charge in [0.05, 0.1) is 17.8 Å². The molecule has 0 radical (unpaired) electrons. The average Bonchev–Trinajstić information content (AvgIpc) is 3.37. The van der Waals surface area contributed by atoms with Crippen molar-refractivity contribution in [1.82, 2.24) is 10.2 Å². The quantitative estimate of drug-likeness (QED) is 0.566. The lowest BCUT2D eigenvalue weighted by atomic mass is 9.98. The molecule has 1 N–H and O–H groups in total. The summed E-state index contributed by atoms with van der Waals surface area (Å²) in [4.78, 5) is 39.6. The molecular formula is C26H31ClFN3O4. The van der Waals surface area contributed by atoms with Crippen LogP contribution >= 0.6 is 11.6 Å². The lowest BCUT2D eigenvalue weighted by molar-refractivity contribution is -0.135. The number of hydrogen-bond acceptors (Lipinski definition) is 5. The molecule has 0 aromatic heterocycles. The van der Waals surface area contributed by atoms with Crippen LogP contribution in [0.4, 0.5) is 4.39 Å². The molecule has 2 fully saturated rings. The highest BCUT2D eigenvalue weighted by molar-refractivity contribution is 6.30. The van der Waals surface area contributed by atoms with E-state index in [4.69, 9.17) is 16.3 Å². The van der Waals surface area contributed by atoms with Gasteiger partial charge in [0.15, 0.2) is 0 Å². The Morgan fingerprint density at radius 1 is 1.40 bits per heavy atom. The molecule has 4 unspecified atom stereocenters. The molecule has 2 aliphatic rings. The molecule has 0 bridgehead atoms. The third kappa shape index (κ3) is 7.36. The Labute approximate surface area is 210 Å². The summed E-state index contributed by atoms with van der Waals surface area (Å²) in [6.07, 6.45) is 4.72. The molecule has 1 aromatic carbocycles. The minimum atomic E-state index is -0.857. The molecule has 2 amide bonds. The standard InChI is InChI=1S/C26H31ClFN3O4/c1-26(2,3)35-20-13-22(25(34)30-19(14-29)11-17-5-4-6-23(17)32)31(15-20)24(33)10-8-16-7-9-18(27)12-21(16)28/h7-10,12,17,19-20,22H,4-6,11,13,15H2,1-3H3,(H,30,34)/b10-8+. The minimum absolute atomic E-state index is 0.121. The van der Waals surface area contributed by atoms with Gasteiger partial charge in [-0.1, -0.05) is 17.7 Å². The number of nitrogens with zero attached hydrogens (tertiary/aromatic N) is 2.